The first-order valence-electron chi connectivity index (χ1n) is 9.75. The zero-order valence-electron chi connectivity index (χ0n) is 16.8. The Morgan fingerprint density at radius 1 is 1.11 bits per heavy atom. The number of ether oxygens (including phenoxy) is 3. The van der Waals surface area contributed by atoms with E-state index in [1.807, 2.05) is 25.1 Å². The van der Waals surface area contributed by atoms with Gasteiger partial charge in [-0.2, -0.15) is 0 Å². The van der Waals surface area contributed by atoms with Gasteiger partial charge in [0.1, 0.15) is 0 Å². The first kappa shape index (κ1) is 21.9. The summed E-state index contributed by atoms with van der Waals surface area (Å²) in [7, 11) is 0. The largest absolute Gasteiger partial charge is 0.462 e. The number of nitrogens with one attached hydrogen (secondary N) is 1. The van der Waals surface area contributed by atoms with E-state index >= 15 is 0 Å². The van der Waals surface area contributed by atoms with E-state index in [1.165, 1.54) is 6.20 Å². The van der Waals surface area contributed by atoms with E-state index in [1.54, 1.807) is 13.8 Å². The van der Waals surface area contributed by atoms with E-state index in [2.05, 4.69) is 22.3 Å². The standard InChI is InChI=1S/C21H30N2O5/c1-4-27-20(24)18(21(25)28-5-2)15-22-16(3)19(17-9-7-6-8-10-17)23-11-13-26-14-12-23/h6-10,15-16,19,22H,4-5,11-14H2,1-3H3/t16-,19-/m0/s1. The molecule has 1 fully saturated rings. The number of hydrogen-bond acceptors (Lipinski definition) is 7. The Kier molecular flexibility index (Phi) is 8.97. The van der Waals surface area contributed by atoms with E-state index in [0.29, 0.717) is 13.2 Å². The maximum absolute atomic E-state index is 12.2. The summed E-state index contributed by atoms with van der Waals surface area (Å²) in [6.45, 7) is 8.79. The highest BCUT2D eigenvalue weighted by atomic mass is 16.6. The van der Waals surface area contributed by atoms with E-state index in [-0.39, 0.29) is 30.9 Å². The fourth-order valence-corrected chi connectivity index (χ4v) is 3.25. The first-order valence-corrected chi connectivity index (χ1v) is 9.75. The third-order valence-electron chi connectivity index (χ3n) is 4.54. The molecule has 0 aromatic heterocycles. The maximum Gasteiger partial charge on any atom is 0.347 e. The molecule has 28 heavy (non-hydrogen) atoms. The highest BCUT2D eigenvalue weighted by Crippen LogP contribution is 2.25. The summed E-state index contributed by atoms with van der Waals surface area (Å²) in [4.78, 5) is 26.7. The van der Waals surface area contributed by atoms with Crippen LogP contribution in [0.1, 0.15) is 32.4 Å². The van der Waals surface area contributed by atoms with Crippen LogP contribution in [0.25, 0.3) is 0 Å². The number of esters is 2. The summed E-state index contributed by atoms with van der Waals surface area (Å²) in [5.41, 5.74) is 1.02. The van der Waals surface area contributed by atoms with Crippen molar-refractivity contribution in [2.45, 2.75) is 32.9 Å². The molecule has 0 aliphatic carbocycles. The monoisotopic (exact) mass is 390 g/mol. The van der Waals surface area contributed by atoms with Gasteiger partial charge in [0.05, 0.1) is 32.5 Å². The topological polar surface area (TPSA) is 77.1 Å². The van der Waals surface area contributed by atoms with Crippen LogP contribution in [0.5, 0.6) is 0 Å². The minimum atomic E-state index is -0.691. The maximum atomic E-state index is 12.2. The minimum absolute atomic E-state index is 0.0620. The Balaban J connectivity index is 2.22. The molecule has 0 spiro atoms. The van der Waals surface area contributed by atoms with Crippen LogP contribution in [0.15, 0.2) is 42.1 Å². The third-order valence-corrected chi connectivity index (χ3v) is 4.54. The number of morpholine rings is 1. The highest BCUT2D eigenvalue weighted by molar-refractivity contribution is 6.13. The Morgan fingerprint density at radius 3 is 2.21 bits per heavy atom. The second-order valence-corrected chi connectivity index (χ2v) is 6.46. The van der Waals surface area contributed by atoms with Gasteiger partial charge in [0.25, 0.3) is 0 Å². The molecular weight excluding hydrogens is 360 g/mol. The zero-order valence-corrected chi connectivity index (χ0v) is 16.8. The molecule has 0 radical (unpaired) electrons. The first-order chi connectivity index (χ1) is 13.6. The van der Waals surface area contributed by atoms with Gasteiger partial charge in [0.15, 0.2) is 5.57 Å². The van der Waals surface area contributed by atoms with Crippen molar-refractivity contribution in [2.24, 2.45) is 0 Å². The molecule has 1 N–H and O–H groups in total. The SMILES string of the molecule is CCOC(=O)C(=CN[C@@H](C)[C@@H](c1ccccc1)N1CCOCC1)C(=O)OCC. The minimum Gasteiger partial charge on any atom is -0.462 e. The van der Waals surface area contributed by atoms with Gasteiger partial charge in [-0.05, 0) is 26.3 Å². The van der Waals surface area contributed by atoms with Gasteiger partial charge in [0, 0.05) is 25.3 Å². The fourth-order valence-electron chi connectivity index (χ4n) is 3.25. The van der Waals surface area contributed by atoms with Crippen molar-refractivity contribution in [3.05, 3.63) is 47.7 Å². The summed E-state index contributed by atoms with van der Waals surface area (Å²) < 4.78 is 15.5. The van der Waals surface area contributed by atoms with Crippen LogP contribution in [-0.4, -0.2) is 62.4 Å². The lowest BCUT2D eigenvalue weighted by molar-refractivity contribution is -0.146. The van der Waals surface area contributed by atoms with Gasteiger partial charge in [-0.1, -0.05) is 30.3 Å². The van der Waals surface area contributed by atoms with Crippen molar-refractivity contribution in [1.82, 2.24) is 10.2 Å². The van der Waals surface area contributed by atoms with E-state index in [9.17, 15) is 9.59 Å². The molecule has 2 rings (SSSR count). The van der Waals surface area contributed by atoms with Crippen molar-refractivity contribution in [1.29, 1.82) is 0 Å². The van der Waals surface area contributed by atoms with Gasteiger partial charge in [-0.25, -0.2) is 9.59 Å². The zero-order chi connectivity index (χ0) is 20.4. The number of benzene rings is 1. The summed E-state index contributed by atoms with van der Waals surface area (Å²) in [5.74, 6) is -1.38. The van der Waals surface area contributed by atoms with Crippen LogP contribution in [0.4, 0.5) is 0 Å². The number of nitrogens with zero attached hydrogens (tertiary/aromatic N) is 1. The predicted molar refractivity (Wildman–Crippen MR) is 106 cm³/mol. The average molecular weight is 390 g/mol. The Hall–Kier alpha value is -2.38. The van der Waals surface area contributed by atoms with Crippen LogP contribution in [0, 0.1) is 0 Å². The molecule has 1 aromatic rings. The lowest BCUT2D eigenvalue weighted by Gasteiger charge is -2.38. The van der Waals surface area contributed by atoms with Crippen molar-refractivity contribution in [3.8, 4) is 0 Å². The quantitative estimate of drug-likeness (QED) is 0.299. The number of rotatable bonds is 9. The average Bonchev–Trinajstić information content (AvgIpc) is 2.70. The van der Waals surface area contributed by atoms with Crippen LogP contribution in [-0.2, 0) is 23.8 Å². The summed E-state index contributed by atoms with van der Waals surface area (Å²) in [5, 5.41) is 3.21. The Morgan fingerprint density at radius 2 is 1.68 bits per heavy atom. The molecule has 0 unspecified atom stereocenters. The van der Waals surface area contributed by atoms with Crippen molar-refractivity contribution >= 4 is 11.9 Å². The van der Waals surface area contributed by atoms with E-state index < -0.39 is 11.9 Å². The Bertz CT molecular complexity index is 636. The summed E-state index contributed by atoms with van der Waals surface area (Å²) >= 11 is 0. The normalized spacial score (nSPS) is 16.5. The number of carbonyl (C=O) groups is 2. The second-order valence-electron chi connectivity index (χ2n) is 6.46. The molecule has 7 nitrogen and oxygen atoms in total. The molecule has 154 valence electrons. The van der Waals surface area contributed by atoms with Gasteiger partial charge >= 0.3 is 11.9 Å². The fraction of sp³-hybridized carbons (Fsp3) is 0.524. The van der Waals surface area contributed by atoms with E-state index in [0.717, 1.165) is 18.7 Å². The van der Waals surface area contributed by atoms with Crippen LogP contribution >= 0.6 is 0 Å². The third kappa shape index (κ3) is 6.07. The van der Waals surface area contributed by atoms with Crippen LogP contribution in [0.3, 0.4) is 0 Å². The van der Waals surface area contributed by atoms with Gasteiger partial charge in [0.2, 0.25) is 0 Å². The van der Waals surface area contributed by atoms with Crippen molar-refractivity contribution < 1.29 is 23.8 Å². The molecule has 1 aliphatic rings. The molecule has 0 bridgehead atoms. The summed E-state index contributed by atoms with van der Waals surface area (Å²) in [6.07, 6.45) is 1.41. The second kappa shape index (κ2) is 11.5. The molecule has 1 heterocycles. The molecule has 1 saturated heterocycles. The smallest absolute Gasteiger partial charge is 0.347 e. The summed E-state index contributed by atoms with van der Waals surface area (Å²) in [6, 6.07) is 10.2. The van der Waals surface area contributed by atoms with E-state index in [4.69, 9.17) is 14.2 Å². The van der Waals surface area contributed by atoms with Gasteiger partial charge in [-0.15, -0.1) is 0 Å². The van der Waals surface area contributed by atoms with Gasteiger partial charge < -0.3 is 19.5 Å². The molecule has 7 heteroatoms. The van der Waals surface area contributed by atoms with Gasteiger partial charge in [-0.3, -0.25) is 4.90 Å². The number of carbonyl (C=O) groups excluding carboxylic acids is 2. The molecular formula is C21H30N2O5. The molecule has 0 amide bonds. The lowest BCUT2D eigenvalue weighted by atomic mass is 9.98. The predicted octanol–water partition coefficient (Wildman–Crippen LogP) is 2.05. The number of hydrogen-bond donors (Lipinski definition) is 1. The molecule has 0 saturated carbocycles. The molecule has 2 atom stereocenters. The van der Waals surface area contributed by atoms with Crippen molar-refractivity contribution in [2.75, 3.05) is 39.5 Å². The van der Waals surface area contributed by atoms with Crippen LogP contribution < -0.4 is 5.32 Å². The lowest BCUT2D eigenvalue weighted by Crippen LogP contribution is -2.46. The molecule has 1 aromatic carbocycles. The Labute approximate surface area is 166 Å². The highest BCUT2D eigenvalue weighted by Gasteiger charge is 2.28. The molecule has 1 aliphatic heterocycles. The van der Waals surface area contributed by atoms with Crippen molar-refractivity contribution in [3.63, 3.8) is 0 Å². The van der Waals surface area contributed by atoms with Crippen LogP contribution in [0.2, 0.25) is 0 Å².